The lowest BCUT2D eigenvalue weighted by molar-refractivity contribution is -0.142. The van der Waals surface area contributed by atoms with Crippen LogP contribution < -0.4 is 0 Å². The molecule has 0 radical (unpaired) electrons. The van der Waals surface area contributed by atoms with E-state index in [1.54, 1.807) is 0 Å². The lowest BCUT2D eigenvalue weighted by Gasteiger charge is -2.13. The van der Waals surface area contributed by atoms with E-state index in [4.69, 9.17) is 4.74 Å². The van der Waals surface area contributed by atoms with Crippen molar-refractivity contribution in [3.63, 3.8) is 0 Å². The minimum Gasteiger partial charge on any atom is -0.460 e. The van der Waals surface area contributed by atoms with Crippen LogP contribution in [0.3, 0.4) is 0 Å². The van der Waals surface area contributed by atoms with Crippen molar-refractivity contribution in [2.75, 3.05) is 0 Å². The van der Waals surface area contributed by atoms with Gasteiger partial charge in [0.2, 0.25) is 0 Å². The lowest BCUT2D eigenvalue weighted by Crippen LogP contribution is -2.14. The highest BCUT2D eigenvalue weighted by molar-refractivity contribution is 5.82. The van der Waals surface area contributed by atoms with Gasteiger partial charge in [0.25, 0.3) is 0 Å². The first-order valence-corrected chi connectivity index (χ1v) is 7.48. The fourth-order valence-corrected chi connectivity index (χ4v) is 2.14. The van der Waals surface area contributed by atoms with Gasteiger partial charge in [-0.15, -0.1) is 0 Å². The number of cyclic esters (lactones) is 1. The monoisotopic (exact) mass is 282 g/mol. The molecule has 3 atom stereocenters. The second kappa shape index (κ2) is 9.72. The van der Waals surface area contributed by atoms with Crippen molar-refractivity contribution in [1.29, 1.82) is 0 Å². The molecule has 1 aliphatic rings. The number of aliphatic hydroxyl groups excluding tert-OH is 2. The average molecular weight is 282 g/mol. The van der Waals surface area contributed by atoms with E-state index in [0.29, 0.717) is 19.3 Å². The molecule has 0 aromatic carbocycles. The van der Waals surface area contributed by atoms with Crippen LogP contribution in [0, 0.1) is 0 Å². The summed E-state index contributed by atoms with van der Waals surface area (Å²) in [6, 6.07) is 0. The zero-order valence-corrected chi connectivity index (χ0v) is 12.2. The molecular weight excluding hydrogens is 256 g/mol. The smallest absolute Gasteiger partial charge is 0.330 e. The first-order chi connectivity index (χ1) is 9.58. The molecule has 0 unspecified atom stereocenters. The average Bonchev–Trinajstić information content (AvgIpc) is 2.40. The second-order valence-corrected chi connectivity index (χ2v) is 5.38. The number of esters is 1. The van der Waals surface area contributed by atoms with E-state index in [2.05, 4.69) is 12.2 Å². The number of rotatable bonds is 0. The molecule has 0 aromatic heterocycles. The summed E-state index contributed by atoms with van der Waals surface area (Å²) in [5, 5.41) is 19.5. The maximum Gasteiger partial charge on any atom is 0.330 e. The summed E-state index contributed by atoms with van der Waals surface area (Å²) in [7, 11) is 0. The molecule has 0 amide bonds. The van der Waals surface area contributed by atoms with Gasteiger partial charge >= 0.3 is 5.97 Å². The molecule has 2 N–H and O–H groups in total. The van der Waals surface area contributed by atoms with Crippen LogP contribution in [0.15, 0.2) is 24.3 Å². The van der Waals surface area contributed by atoms with Crippen LogP contribution in [0.4, 0.5) is 0 Å². The summed E-state index contributed by atoms with van der Waals surface area (Å²) >= 11 is 0. The van der Waals surface area contributed by atoms with Gasteiger partial charge in [-0.2, -0.15) is 0 Å². The van der Waals surface area contributed by atoms with Crippen LogP contribution >= 0.6 is 0 Å². The normalized spacial score (nSPS) is 34.1. The van der Waals surface area contributed by atoms with E-state index in [1.165, 1.54) is 12.2 Å². The summed E-state index contributed by atoms with van der Waals surface area (Å²) in [6.45, 7) is 1.88. The Morgan fingerprint density at radius 1 is 1.10 bits per heavy atom. The first-order valence-electron chi connectivity index (χ1n) is 7.48. The number of hydrogen-bond donors (Lipinski definition) is 2. The number of ether oxygens (including phenoxy) is 1. The van der Waals surface area contributed by atoms with E-state index in [1.807, 2.05) is 6.92 Å². The van der Waals surface area contributed by atoms with E-state index < -0.39 is 18.2 Å². The Hall–Kier alpha value is -1.13. The fraction of sp³-hybridized carbons (Fsp3) is 0.688. The predicted octanol–water partition coefficient (Wildman–Crippen LogP) is 2.50. The molecule has 1 rings (SSSR count). The third-order valence-corrected chi connectivity index (χ3v) is 3.38. The molecular formula is C16H26O4. The number of carbonyl (C=O) groups excluding carboxylic acids is 1. The molecule has 1 aliphatic heterocycles. The van der Waals surface area contributed by atoms with Crippen LogP contribution in [0.5, 0.6) is 0 Å². The van der Waals surface area contributed by atoms with Gasteiger partial charge in [-0.05, 0) is 57.9 Å². The SMILES string of the molecule is C[C@H]1CCC/C=C/CC[C@H](O)CC[C@@H](O)/C=C/C(=O)O1. The van der Waals surface area contributed by atoms with Crippen LogP contribution in [0.2, 0.25) is 0 Å². The Labute approximate surface area is 121 Å². The van der Waals surface area contributed by atoms with Crippen molar-refractivity contribution in [3.8, 4) is 0 Å². The maximum absolute atomic E-state index is 11.5. The molecule has 20 heavy (non-hydrogen) atoms. The minimum atomic E-state index is -0.712. The Bertz CT molecular complexity index is 335. The molecule has 0 aliphatic carbocycles. The third kappa shape index (κ3) is 8.12. The first kappa shape index (κ1) is 16.9. The van der Waals surface area contributed by atoms with E-state index in [9.17, 15) is 15.0 Å². The zero-order valence-electron chi connectivity index (χ0n) is 12.2. The van der Waals surface area contributed by atoms with Gasteiger partial charge in [0.05, 0.1) is 18.3 Å². The van der Waals surface area contributed by atoms with Crippen LogP contribution in [-0.4, -0.2) is 34.5 Å². The minimum absolute atomic E-state index is 0.104. The van der Waals surface area contributed by atoms with Crippen molar-refractivity contribution >= 4 is 5.97 Å². The molecule has 114 valence electrons. The molecule has 1 heterocycles. The second-order valence-electron chi connectivity index (χ2n) is 5.38. The van der Waals surface area contributed by atoms with Gasteiger partial charge in [-0.1, -0.05) is 12.2 Å². The van der Waals surface area contributed by atoms with Crippen LogP contribution in [-0.2, 0) is 9.53 Å². The molecule has 0 aromatic rings. The lowest BCUT2D eigenvalue weighted by atomic mass is 10.0. The van der Waals surface area contributed by atoms with Crippen molar-refractivity contribution < 1.29 is 19.7 Å². The number of aliphatic hydroxyl groups is 2. The standard InChI is InChI=1S/C16H26O4/c1-13-7-5-3-2-4-6-8-14(17)9-10-15(18)11-12-16(19)20-13/h2,4,11-15,17-18H,3,5-10H2,1H3/b4-2+,12-11+/t13-,14-,15+/m0/s1. The number of hydrogen-bond acceptors (Lipinski definition) is 4. The van der Waals surface area contributed by atoms with E-state index in [0.717, 1.165) is 25.7 Å². The molecule has 0 fully saturated rings. The molecule has 0 spiro atoms. The summed E-state index contributed by atoms with van der Waals surface area (Å²) in [5.74, 6) is -0.417. The molecule has 0 saturated heterocycles. The Morgan fingerprint density at radius 3 is 2.65 bits per heavy atom. The van der Waals surface area contributed by atoms with Gasteiger partial charge in [0.1, 0.15) is 0 Å². The van der Waals surface area contributed by atoms with Gasteiger partial charge in [0.15, 0.2) is 0 Å². The summed E-state index contributed by atoms with van der Waals surface area (Å²) in [6.07, 6.45) is 11.0. The summed E-state index contributed by atoms with van der Waals surface area (Å²) in [5.41, 5.74) is 0. The molecule has 4 nitrogen and oxygen atoms in total. The third-order valence-electron chi connectivity index (χ3n) is 3.38. The Kier molecular flexibility index (Phi) is 8.23. The van der Waals surface area contributed by atoms with E-state index >= 15 is 0 Å². The highest BCUT2D eigenvalue weighted by atomic mass is 16.5. The quantitative estimate of drug-likeness (QED) is 0.529. The summed E-state index contributed by atoms with van der Waals surface area (Å²) in [4.78, 5) is 11.5. The van der Waals surface area contributed by atoms with Crippen LogP contribution in [0.1, 0.15) is 51.9 Å². The van der Waals surface area contributed by atoms with Gasteiger partial charge in [-0.25, -0.2) is 4.79 Å². The summed E-state index contributed by atoms with van der Waals surface area (Å²) < 4.78 is 5.21. The number of carbonyl (C=O) groups is 1. The highest BCUT2D eigenvalue weighted by Crippen LogP contribution is 2.11. The van der Waals surface area contributed by atoms with Crippen molar-refractivity contribution in [3.05, 3.63) is 24.3 Å². The van der Waals surface area contributed by atoms with Crippen molar-refractivity contribution in [2.45, 2.75) is 70.2 Å². The predicted molar refractivity (Wildman–Crippen MR) is 78.2 cm³/mol. The highest BCUT2D eigenvalue weighted by Gasteiger charge is 2.09. The topological polar surface area (TPSA) is 66.8 Å². The Balaban J connectivity index is 2.52. The molecule has 4 heteroatoms. The largest absolute Gasteiger partial charge is 0.460 e. The van der Waals surface area contributed by atoms with Crippen molar-refractivity contribution in [1.82, 2.24) is 0 Å². The maximum atomic E-state index is 11.5. The van der Waals surface area contributed by atoms with Crippen molar-refractivity contribution in [2.24, 2.45) is 0 Å². The Morgan fingerprint density at radius 2 is 1.85 bits per heavy atom. The number of allylic oxidation sites excluding steroid dienone is 2. The molecule has 0 bridgehead atoms. The van der Waals surface area contributed by atoms with Gasteiger partial charge < -0.3 is 14.9 Å². The van der Waals surface area contributed by atoms with E-state index in [-0.39, 0.29) is 6.10 Å². The molecule has 0 saturated carbocycles. The fourth-order valence-electron chi connectivity index (χ4n) is 2.14. The van der Waals surface area contributed by atoms with Gasteiger partial charge in [0, 0.05) is 6.08 Å². The van der Waals surface area contributed by atoms with Crippen LogP contribution in [0.25, 0.3) is 0 Å². The van der Waals surface area contributed by atoms with Gasteiger partial charge in [-0.3, -0.25) is 0 Å². The zero-order chi connectivity index (χ0) is 14.8.